The largest absolute Gasteiger partial charge is 0.394 e. The van der Waals surface area contributed by atoms with Crippen LogP contribution in [0.4, 0.5) is 5.13 Å². The lowest BCUT2D eigenvalue weighted by Crippen LogP contribution is -2.49. The van der Waals surface area contributed by atoms with E-state index in [0.29, 0.717) is 5.13 Å². The maximum atomic E-state index is 9.21. The molecular formula is C11H14N2O3S. The Morgan fingerprint density at radius 1 is 1.12 bits per heavy atom. The molecule has 0 bridgehead atoms. The smallest absolute Gasteiger partial charge is 0.184 e. The molecule has 92 valence electrons. The Hall–Kier alpha value is -1.21. The van der Waals surface area contributed by atoms with Crippen molar-refractivity contribution in [3.63, 3.8) is 0 Å². The van der Waals surface area contributed by atoms with Crippen molar-refractivity contribution in [2.24, 2.45) is 0 Å². The minimum Gasteiger partial charge on any atom is -0.394 e. The number of hydrogen-bond donors (Lipinski definition) is 4. The van der Waals surface area contributed by atoms with Crippen molar-refractivity contribution >= 4 is 26.7 Å². The van der Waals surface area contributed by atoms with E-state index < -0.39 is 5.54 Å². The Labute approximate surface area is 102 Å². The van der Waals surface area contributed by atoms with Gasteiger partial charge in [-0.2, -0.15) is 0 Å². The standard InChI is InChI=1S/C11H14N2O3S/c14-5-11(6-15,7-16)13-10-12-8-3-1-2-4-9(8)17-10/h1-4,14-16H,5-7H2,(H,12,13). The molecule has 6 heteroatoms. The number of hydrogen-bond acceptors (Lipinski definition) is 6. The van der Waals surface area contributed by atoms with Gasteiger partial charge in [-0.05, 0) is 12.1 Å². The maximum Gasteiger partial charge on any atom is 0.184 e. The molecule has 2 aromatic rings. The highest BCUT2D eigenvalue weighted by Gasteiger charge is 2.28. The van der Waals surface area contributed by atoms with Gasteiger partial charge in [-0.25, -0.2) is 4.98 Å². The highest BCUT2D eigenvalue weighted by atomic mass is 32.1. The monoisotopic (exact) mass is 254 g/mol. The molecule has 0 saturated heterocycles. The summed E-state index contributed by atoms with van der Waals surface area (Å²) in [6, 6.07) is 7.64. The topological polar surface area (TPSA) is 85.6 Å². The van der Waals surface area contributed by atoms with Gasteiger partial charge in [-0.15, -0.1) is 0 Å². The molecule has 5 nitrogen and oxygen atoms in total. The molecule has 0 unspecified atom stereocenters. The SMILES string of the molecule is OCC(CO)(CO)Nc1nc2ccccc2s1. The summed E-state index contributed by atoms with van der Waals surface area (Å²) in [6.45, 7) is -1.10. The van der Waals surface area contributed by atoms with Crippen LogP contribution in [0.15, 0.2) is 24.3 Å². The molecule has 0 spiro atoms. The molecule has 2 rings (SSSR count). The molecule has 0 aliphatic heterocycles. The maximum absolute atomic E-state index is 9.21. The number of anilines is 1. The van der Waals surface area contributed by atoms with E-state index in [1.807, 2.05) is 24.3 Å². The fourth-order valence-corrected chi connectivity index (χ4v) is 2.41. The van der Waals surface area contributed by atoms with Crippen molar-refractivity contribution < 1.29 is 15.3 Å². The van der Waals surface area contributed by atoms with Gasteiger partial charge in [-0.1, -0.05) is 23.5 Å². The lowest BCUT2D eigenvalue weighted by atomic mass is 10.0. The number of para-hydroxylation sites is 1. The van der Waals surface area contributed by atoms with Crippen LogP contribution >= 0.6 is 11.3 Å². The number of nitrogens with zero attached hydrogens (tertiary/aromatic N) is 1. The van der Waals surface area contributed by atoms with Crippen molar-refractivity contribution in [3.05, 3.63) is 24.3 Å². The van der Waals surface area contributed by atoms with E-state index in [1.165, 1.54) is 11.3 Å². The molecular weight excluding hydrogens is 240 g/mol. The highest BCUT2D eigenvalue weighted by molar-refractivity contribution is 7.22. The van der Waals surface area contributed by atoms with Gasteiger partial charge in [0.25, 0.3) is 0 Å². The van der Waals surface area contributed by atoms with Crippen molar-refractivity contribution in [2.75, 3.05) is 25.1 Å². The molecule has 0 aliphatic carbocycles. The van der Waals surface area contributed by atoms with E-state index in [9.17, 15) is 15.3 Å². The van der Waals surface area contributed by atoms with Crippen LogP contribution in [-0.2, 0) is 0 Å². The van der Waals surface area contributed by atoms with E-state index in [2.05, 4.69) is 10.3 Å². The van der Waals surface area contributed by atoms with Gasteiger partial charge in [0, 0.05) is 0 Å². The predicted octanol–water partition coefficient (Wildman–Crippen LogP) is 0.424. The van der Waals surface area contributed by atoms with Gasteiger partial charge < -0.3 is 20.6 Å². The van der Waals surface area contributed by atoms with Crippen molar-refractivity contribution in [1.82, 2.24) is 4.98 Å². The summed E-state index contributed by atoms with van der Waals surface area (Å²) in [6.07, 6.45) is 0. The van der Waals surface area contributed by atoms with E-state index in [-0.39, 0.29) is 19.8 Å². The quantitative estimate of drug-likeness (QED) is 0.621. The van der Waals surface area contributed by atoms with E-state index in [1.54, 1.807) is 0 Å². The molecule has 0 saturated carbocycles. The summed E-state index contributed by atoms with van der Waals surface area (Å²) in [5.74, 6) is 0. The van der Waals surface area contributed by atoms with Gasteiger partial charge in [0.05, 0.1) is 30.0 Å². The van der Waals surface area contributed by atoms with Crippen LogP contribution in [-0.4, -0.2) is 45.7 Å². The normalized spacial score (nSPS) is 11.9. The fourth-order valence-electron chi connectivity index (χ4n) is 1.42. The zero-order chi connectivity index (χ0) is 12.3. The Bertz CT molecular complexity index is 455. The van der Waals surface area contributed by atoms with Gasteiger partial charge in [0.2, 0.25) is 0 Å². The molecule has 17 heavy (non-hydrogen) atoms. The van der Waals surface area contributed by atoms with Gasteiger partial charge in [0.1, 0.15) is 5.54 Å². The number of nitrogens with one attached hydrogen (secondary N) is 1. The lowest BCUT2D eigenvalue weighted by Gasteiger charge is -2.28. The lowest BCUT2D eigenvalue weighted by molar-refractivity contribution is 0.0833. The minimum absolute atomic E-state index is 0.365. The Balaban J connectivity index is 2.28. The summed E-state index contributed by atoms with van der Waals surface area (Å²) < 4.78 is 1.01. The second kappa shape index (κ2) is 4.97. The molecule has 0 amide bonds. The zero-order valence-electron chi connectivity index (χ0n) is 9.13. The number of aromatic nitrogens is 1. The van der Waals surface area contributed by atoms with Crippen LogP contribution in [0.5, 0.6) is 0 Å². The number of thiazole rings is 1. The van der Waals surface area contributed by atoms with Gasteiger partial charge in [-0.3, -0.25) is 0 Å². The fraction of sp³-hybridized carbons (Fsp3) is 0.364. The molecule has 0 radical (unpaired) electrons. The van der Waals surface area contributed by atoms with Crippen LogP contribution < -0.4 is 5.32 Å². The minimum atomic E-state index is -1.13. The average Bonchev–Trinajstić information content (AvgIpc) is 2.78. The summed E-state index contributed by atoms with van der Waals surface area (Å²) in [5.41, 5.74) is -0.281. The number of aliphatic hydroxyl groups is 3. The zero-order valence-corrected chi connectivity index (χ0v) is 9.94. The first-order valence-corrected chi connectivity index (χ1v) is 6.01. The number of aliphatic hydroxyl groups excluding tert-OH is 3. The van der Waals surface area contributed by atoms with E-state index in [4.69, 9.17) is 0 Å². The van der Waals surface area contributed by atoms with Crippen LogP contribution in [0.1, 0.15) is 0 Å². The highest BCUT2D eigenvalue weighted by Crippen LogP contribution is 2.27. The third-order valence-electron chi connectivity index (χ3n) is 2.57. The second-order valence-corrected chi connectivity index (χ2v) is 4.90. The third-order valence-corrected chi connectivity index (χ3v) is 3.53. The summed E-state index contributed by atoms with van der Waals surface area (Å²) in [4.78, 5) is 4.32. The van der Waals surface area contributed by atoms with Gasteiger partial charge >= 0.3 is 0 Å². The number of rotatable bonds is 5. The Morgan fingerprint density at radius 2 is 1.76 bits per heavy atom. The average molecular weight is 254 g/mol. The van der Waals surface area contributed by atoms with Crippen LogP contribution in [0.2, 0.25) is 0 Å². The summed E-state index contributed by atoms with van der Waals surface area (Å²) in [5, 5.41) is 31.1. The first-order chi connectivity index (χ1) is 8.23. The molecule has 4 N–H and O–H groups in total. The van der Waals surface area contributed by atoms with Crippen molar-refractivity contribution in [1.29, 1.82) is 0 Å². The molecule has 1 heterocycles. The number of benzene rings is 1. The van der Waals surface area contributed by atoms with E-state index in [0.717, 1.165) is 10.2 Å². The Kier molecular flexibility index (Phi) is 3.58. The van der Waals surface area contributed by atoms with Crippen LogP contribution in [0.3, 0.4) is 0 Å². The molecule has 0 fully saturated rings. The van der Waals surface area contributed by atoms with Crippen molar-refractivity contribution in [2.45, 2.75) is 5.54 Å². The number of fused-ring (bicyclic) bond motifs is 1. The van der Waals surface area contributed by atoms with Crippen LogP contribution in [0.25, 0.3) is 10.2 Å². The first-order valence-electron chi connectivity index (χ1n) is 5.19. The summed E-state index contributed by atoms with van der Waals surface area (Å²) in [7, 11) is 0. The Morgan fingerprint density at radius 3 is 2.35 bits per heavy atom. The molecule has 0 atom stereocenters. The second-order valence-electron chi connectivity index (χ2n) is 3.87. The van der Waals surface area contributed by atoms with Crippen LogP contribution in [0, 0.1) is 0 Å². The first kappa shape index (κ1) is 12.3. The van der Waals surface area contributed by atoms with Crippen molar-refractivity contribution in [3.8, 4) is 0 Å². The third kappa shape index (κ3) is 2.39. The van der Waals surface area contributed by atoms with Gasteiger partial charge in [0.15, 0.2) is 5.13 Å². The van der Waals surface area contributed by atoms with E-state index >= 15 is 0 Å². The molecule has 1 aromatic heterocycles. The predicted molar refractivity (Wildman–Crippen MR) is 67.2 cm³/mol. The molecule has 0 aliphatic rings. The molecule has 1 aromatic carbocycles. The summed E-state index contributed by atoms with van der Waals surface area (Å²) >= 11 is 1.41.